The lowest BCUT2D eigenvalue weighted by atomic mass is 10.2. The van der Waals surface area contributed by atoms with E-state index in [1.807, 2.05) is 24.3 Å². The monoisotopic (exact) mass is 489 g/mol. The number of para-hydroxylation sites is 2. The van der Waals surface area contributed by atoms with Crippen LogP contribution >= 0.6 is 0 Å². The van der Waals surface area contributed by atoms with Crippen LogP contribution in [0.4, 0.5) is 11.4 Å². The molecule has 0 aromatic heterocycles. The zero-order chi connectivity index (χ0) is 24.7. The summed E-state index contributed by atoms with van der Waals surface area (Å²) in [5, 5.41) is 2.75. The van der Waals surface area contributed by atoms with Gasteiger partial charge in [0, 0.05) is 31.9 Å². The van der Waals surface area contributed by atoms with E-state index in [0.717, 1.165) is 17.5 Å². The Bertz CT molecular complexity index is 1160. The molecule has 1 N–H and O–H groups in total. The summed E-state index contributed by atoms with van der Waals surface area (Å²) in [4.78, 5) is 25.6. The average molecular weight is 490 g/mol. The van der Waals surface area contributed by atoms with Crippen LogP contribution in [0.5, 0.6) is 5.75 Å². The van der Waals surface area contributed by atoms with Gasteiger partial charge in [-0.15, -0.1) is 0 Å². The van der Waals surface area contributed by atoms with Crippen LogP contribution in [0.25, 0.3) is 0 Å². The summed E-state index contributed by atoms with van der Waals surface area (Å²) in [5.74, 6) is -0.760. The van der Waals surface area contributed by atoms with Crippen LogP contribution in [-0.2, 0) is 29.1 Å². The van der Waals surface area contributed by atoms with Crippen molar-refractivity contribution in [1.82, 2.24) is 4.31 Å². The van der Waals surface area contributed by atoms with Crippen LogP contribution in [0.3, 0.4) is 0 Å². The summed E-state index contributed by atoms with van der Waals surface area (Å²) in [5.41, 5.74) is 1.19. The summed E-state index contributed by atoms with van der Waals surface area (Å²) in [7, 11) is 0.266. The number of ether oxygens (including phenoxy) is 3. The maximum atomic E-state index is 13.1. The first kappa shape index (κ1) is 25.1. The molecule has 0 aliphatic carbocycles. The minimum absolute atomic E-state index is 0.125. The van der Waals surface area contributed by atoms with Crippen molar-refractivity contribution in [3.63, 3.8) is 0 Å². The smallest absolute Gasteiger partial charge is 0.354 e. The first-order chi connectivity index (χ1) is 16.3. The quantitative estimate of drug-likeness (QED) is 0.438. The fourth-order valence-corrected chi connectivity index (χ4v) is 4.93. The molecule has 0 radical (unpaired) electrons. The third-order valence-corrected chi connectivity index (χ3v) is 7.22. The molecule has 0 saturated carbocycles. The summed E-state index contributed by atoms with van der Waals surface area (Å²) in [6.45, 7) is 1.71. The molecule has 1 fully saturated rings. The maximum Gasteiger partial charge on any atom is 0.354 e. The normalized spacial score (nSPS) is 14.9. The molecule has 0 amide bonds. The lowest BCUT2D eigenvalue weighted by molar-refractivity contribution is -0.138. The predicted molar refractivity (Wildman–Crippen MR) is 126 cm³/mol. The zero-order valence-electron chi connectivity index (χ0n) is 19.2. The highest BCUT2D eigenvalue weighted by Gasteiger charge is 2.29. The molecule has 0 bridgehead atoms. The zero-order valence-corrected chi connectivity index (χ0v) is 20.0. The molecular formula is C23H27N3O7S. The number of piperazine rings is 1. The Morgan fingerprint density at radius 2 is 1.56 bits per heavy atom. The van der Waals surface area contributed by atoms with Gasteiger partial charge in [-0.05, 0) is 36.4 Å². The van der Waals surface area contributed by atoms with Gasteiger partial charge in [-0.1, -0.05) is 12.1 Å². The van der Waals surface area contributed by atoms with E-state index < -0.39 is 22.0 Å². The number of hydrogen-bond acceptors (Lipinski definition) is 9. The van der Waals surface area contributed by atoms with Gasteiger partial charge in [-0.25, -0.2) is 18.0 Å². The Morgan fingerprint density at radius 3 is 2.15 bits per heavy atom. The molecule has 3 rings (SSSR count). The highest BCUT2D eigenvalue weighted by molar-refractivity contribution is 7.89. The number of nitrogens with one attached hydrogen (secondary N) is 1. The Morgan fingerprint density at radius 1 is 0.912 bits per heavy atom. The second kappa shape index (κ2) is 11.0. The van der Waals surface area contributed by atoms with Gasteiger partial charge >= 0.3 is 11.9 Å². The SMILES string of the molecule is COC(=O)/C=C(/Nc1ccc(S(=O)(=O)N2CCN(c3ccccc3OC)CC2)cc1)C(=O)OC. The van der Waals surface area contributed by atoms with Gasteiger partial charge in [-0.3, -0.25) is 0 Å². The Kier molecular flexibility index (Phi) is 8.13. The van der Waals surface area contributed by atoms with Gasteiger partial charge in [0.05, 0.1) is 38.0 Å². The summed E-state index contributed by atoms with van der Waals surface area (Å²) in [6.07, 6.45) is 0.956. The highest BCUT2D eigenvalue weighted by atomic mass is 32.2. The van der Waals surface area contributed by atoms with Crippen LogP contribution in [0.2, 0.25) is 0 Å². The van der Waals surface area contributed by atoms with E-state index in [-0.39, 0.29) is 10.6 Å². The molecule has 10 nitrogen and oxygen atoms in total. The topological polar surface area (TPSA) is 114 Å². The molecule has 1 heterocycles. The maximum absolute atomic E-state index is 13.1. The molecule has 1 aliphatic rings. The van der Waals surface area contributed by atoms with E-state index in [9.17, 15) is 18.0 Å². The molecule has 34 heavy (non-hydrogen) atoms. The number of carbonyl (C=O) groups is 2. The van der Waals surface area contributed by atoms with E-state index in [1.54, 1.807) is 7.11 Å². The molecule has 2 aromatic carbocycles. The number of benzene rings is 2. The number of esters is 2. The number of anilines is 2. The Hall–Kier alpha value is -3.57. The number of nitrogens with zero attached hydrogens (tertiary/aromatic N) is 2. The highest BCUT2D eigenvalue weighted by Crippen LogP contribution is 2.29. The molecule has 0 spiro atoms. The van der Waals surface area contributed by atoms with Crippen LogP contribution in [0, 0.1) is 0 Å². The summed E-state index contributed by atoms with van der Waals surface area (Å²) >= 11 is 0. The summed E-state index contributed by atoms with van der Waals surface area (Å²) in [6, 6.07) is 13.5. The fraction of sp³-hybridized carbons (Fsp3) is 0.304. The molecule has 11 heteroatoms. The van der Waals surface area contributed by atoms with Gasteiger partial charge in [0.1, 0.15) is 11.4 Å². The molecule has 1 saturated heterocycles. The molecule has 0 atom stereocenters. The Balaban J connectivity index is 1.70. The molecule has 2 aromatic rings. The van der Waals surface area contributed by atoms with Gasteiger partial charge < -0.3 is 24.4 Å². The minimum Gasteiger partial charge on any atom is -0.495 e. The first-order valence-corrected chi connectivity index (χ1v) is 11.9. The van der Waals surface area contributed by atoms with Crippen LogP contribution in [-0.4, -0.2) is 72.2 Å². The van der Waals surface area contributed by atoms with E-state index in [4.69, 9.17) is 4.74 Å². The standard InChI is InChI=1S/C23H27N3O7S/c1-31-21-7-5-4-6-20(21)25-12-14-26(15-13-25)34(29,30)18-10-8-17(9-11-18)24-19(23(28)33-3)16-22(27)32-2/h4-11,16,24H,12-15H2,1-3H3/b19-16+. The van der Waals surface area contributed by atoms with Crippen molar-refractivity contribution in [3.05, 3.63) is 60.3 Å². The van der Waals surface area contributed by atoms with Crippen molar-refractivity contribution in [3.8, 4) is 5.75 Å². The molecule has 0 unspecified atom stereocenters. The van der Waals surface area contributed by atoms with E-state index in [2.05, 4.69) is 19.7 Å². The van der Waals surface area contributed by atoms with Crippen molar-refractivity contribution in [1.29, 1.82) is 0 Å². The largest absolute Gasteiger partial charge is 0.495 e. The predicted octanol–water partition coefficient (Wildman–Crippen LogP) is 1.85. The molecular weight excluding hydrogens is 462 g/mol. The fourth-order valence-electron chi connectivity index (χ4n) is 3.51. The number of hydrogen-bond donors (Lipinski definition) is 1. The van der Waals surface area contributed by atoms with Crippen molar-refractivity contribution < 1.29 is 32.2 Å². The third-order valence-electron chi connectivity index (χ3n) is 5.30. The van der Waals surface area contributed by atoms with Crippen LogP contribution in [0.1, 0.15) is 0 Å². The van der Waals surface area contributed by atoms with Crippen molar-refractivity contribution in [2.45, 2.75) is 4.90 Å². The Labute approximate surface area is 198 Å². The third kappa shape index (κ3) is 5.67. The lowest BCUT2D eigenvalue weighted by Gasteiger charge is -2.35. The van der Waals surface area contributed by atoms with Crippen molar-refractivity contribution in [2.75, 3.05) is 57.7 Å². The van der Waals surface area contributed by atoms with E-state index >= 15 is 0 Å². The minimum atomic E-state index is -3.71. The van der Waals surface area contributed by atoms with Gasteiger partial charge in [-0.2, -0.15) is 4.31 Å². The van der Waals surface area contributed by atoms with Crippen molar-refractivity contribution in [2.24, 2.45) is 0 Å². The summed E-state index contributed by atoms with van der Waals surface area (Å²) < 4.78 is 42.3. The number of methoxy groups -OCH3 is 3. The number of carbonyl (C=O) groups excluding carboxylic acids is 2. The second-order valence-electron chi connectivity index (χ2n) is 7.29. The van der Waals surface area contributed by atoms with Crippen molar-refractivity contribution >= 4 is 33.3 Å². The van der Waals surface area contributed by atoms with Crippen LogP contribution < -0.4 is 15.0 Å². The molecule has 1 aliphatic heterocycles. The first-order valence-electron chi connectivity index (χ1n) is 10.4. The van der Waals surface area contributed by atoms with E-state index in [1.165, 1.54) is 42.8 Å². The average Bonchev–Trinajstić information content (AvgIpc) is 2.88. The van der Waals surface area contributed by atoms with Gasteiger partial charge in [0.25, 0.3) is 0 Å². The van der Waals surface area contributed by atoms with E-state index in [0.29, 0.717) is 31.9 Å². The number of sulfonamides is 1. The number of rotatable bonds is 8. The van der Waals surface area contributed by atoms with Gasteiger partial charge in [0.15, 0.2) is 0 Å². The second-order valence-corrected chi connectivity index (χ2v) is 9.22. The molecule has 182 valence electrons. The lowest BCUT2D eigenvalue weighted by Crippen LogP contribution is -2.48. The van der Waals surface area contributed by atoms with Crippen LogP contribution in [0.15, 0.2) is 65.2 Å². The van der Waals surface area contributed by atoms with Gasteiger partial charge in [0.2, 0.25) is 10.0 Å².